The number of nitrogens with zero attached hydrogens (tertiary/aromatic N) is 5. The van der Waals surface area contributed by atoms with Gasteiger partial charge in [0.05, 0.1) is 22.9 Å². The lowest BCUT2D eigenvalue weighted by molar-refractivity contribution is 0.771. The lowest BCUT2D eigenvalue weighted by atomic mass is 10.1. The van der Waals surface area contributed by atoms with E-state index in [9.17, 15) is 4.79 Å². The molecule has 3 heterocycles. The van der Waals surface area contributed by atoms with Crippen molar-refractivity contribution in [3.05, 3.63) is 76.1 Å². The first-order chi connectivity index (χ1) is 15.9. The largest absolute Gasteiger partial charge is 0.382 e. The summed E-state index contributed by atoms with van der Waals surface area (Å²) in [6.45, 7) is 6.10. The zero-order valence-corrected chi connectivity index (χ0v) is 18.8. The van der Waals surface area contributed by atoms with Crippen molar-refractivity contribution < 1.29 is 0 Å². The number of nitrogens with two attached hydrogens (primary N) is 2. The molecule has 0 aliphatic carbocycles. The van der Waals surface area contributed by atoms with Crippen LogP contribution < -0.4 is 17.0 Å². The van der Waals surface area contributed by atoms with Crippen molar-refractivity contribution in [1.29, 1.82) is 0 Å². The van der Waals surface area contributed by atoms with Gasteiger partial charge < -0.3 is 16.5 Å². The molecule has 0 spiro atoms. The maximum atomic E-state index is 13.1. The van der Waals surface area contributed by atoms with E-state index in [-0.39, 0.29) is 11.5 Å². The normalized spacial score (nSPS) is 10.9. The molecule has 5 rings (SSSR count). The molecule has 0 aliphatic rings. The van der Waals surface area contributed by atoms with Crippen molar-refractivity contribution in [1.82, 2.24) is 29.5 Å². The highest BCUT2D eigenvalue weighted by Gasteiger charge is 2.14. The number of benzene rings is 2. The highest BCUT2D eigenvalue weighted by atomic mass is 16.1. The Morgan fingerprint density at radius 3 is 2.48 bits per heavy atom. The number of aromatic amines is 1. The summed E-state index contributed by atoms with van der Waals surface area (Å²) in [4.78, 5) is 32.1. The molecule has 0 fully saturated rings. The molecule has 0 amide bonds. The Morgan fingerprint density at radius 1 is 0.970 bits per heavy atom. The number of fused-ring (bicyclic) bond motifs is 2. The Hall–Kier alpha value is -4.27. The van der Waals surface area contributed by atoms with Gasteiger partial charge in [0.15, 0.2) is 11.5 Å². The van der Waals surface area contributed by atoms with E-state index >= 15 is 0 Å². The average Bonchev–Trinajstić information content (AvgIpc) is 3.24. The Labute approximate surface area is 190 Å². The lowest BCUT2D eigenvalue weighted by Gasteiger charge is -2.15. The van der Waals surface area contributed by atoms with E-state index in [1.54, 1.807) is 4.57 Å². The van der Waals surface area contributed by atoms with Crippen LogP contribution in [0.3, 0.4) is 0 Å². The van der Waals surface area contributed by atoms with E-state index in [0.717, 1.165) is 41.0 Å². The second kappa shape index (κ2) is 9.07. The molecule has 9 heteroatoms. The van der Waals surface area contributed by atoms with Crippen LogP contribution in [0.1, 0.15) is 30.3 Å². The predicted molar refractivity (Wildman–Crippen MR) is 131 cm³/mol. The molecule has 0 aliphatic heterocycles. The van der Waals surface area contributed by atoms with Gasteiger partial charge in [-0.25, -0.2) is 9.97 Å². The van der Waals surface area contributed by atoms with Crippen molar-refractivity contribution in [3.63, 3.8) is 0 Å². The second-order valence-electron chi connectivity index (χ2n) is 7.74. The van der Waals surface area contributed by atoms with Crippen LogP contribution in [-0.4, -0.2) is 29.5 Å². The molecular formula is C24H26N8O. The lowest BCUT2D eigenvalue weighted by Crippen LogP contribution is -2.25. The molecular weight excluding hydrogens is 416 g/mol. The van der Waals surface area contributed by atoms with Crippen LogP contribution in [0.4, 0.5) is 11.8 Å². The Kier molecular flexibility index (Phi) is 6.03. The number of anilines is 2. The minimum absolute atomic E-state index is 0.0286. The van der Waals surface area contributed by atoms with Gasteiger partial charge in [0.1, 0.15) is 11.3 Å². The van der Waals surface area contributed by atoms with Gasteiger partial charge in [0.25, 0.3) is 5.56 Å². The number of aromatic nitrogens is 6. The number of nitrogen functional groups attached to an aromatic ring is 2. The molecule has 168 valence electrons. The van der Waals surface area contributed by atoms with Crippen LogP contribution in [0.2, 0.25) is 0 Å². The molecule has 0 atom stereocenters. The minimum Gasteiger partial charge on any atom is -0.382 e. The summed E-state index contributed by atoms with van der Waals surface area (Å²) in [6.07, 6.45) is 3.23. The zero-order chi connectivity index (χ0) is 23.5. The van der Waals surface area contributed by atoms with Crippen molar-refractivity contribution >= 4 is 33.8 Å². The fraction of sp³-hybridized carbons (Fsp3) is 0.208. The van der Waals surface area contributed by atoms with Crippen LogP contribution in [0, 0.1) is 13.8 Å². The molecule has 0 saturated carbocycles. The number of aryl methyl sites for hydroxylation is 3. The minimum atomic E-state index is 0.0286. The molecule has 0 radical (unpaired) electrons. The monoisotopic (exact) mass is 442 g/mol. The van der Waals surface area contributed by atoms with Gasteiger partial charge in [-0.3, -0.25) is 9.36 Å². The van der Waals surface area contributed by atoms with E-state index < -0.39 is 0 Å². The summed E-state index contributed by atoms with van der Waals surface area (Å²) in [7, 11) is 0. The number of nitrogens with one attached hydrogen (secondary N) is 1. The average molecular weight is 443 g/mol. The number of para-hydroxylation sites is 1. The first kappa shape index (κ1) is 21.9. The van der Waals surface area contributed by atoms with E-state index in [0.29, 0.717) is 22.4 Å². The summed E-state index contributed by atoms with van der Waals surface area (Å²) >= 11 is 0. The van der Waals surface area contributed by atoms with Crippen LogP contribution in [0.25, 0.3) is 27.8 Å². The molecule has 2 aromatic carbocycles. The third-order valence-electron chi connectivity index (χ3n) is 5.34. The van der Waals surface area contributed by atoms with E-state index in [2.05, 4.69) is 26.9 Å². The number of imidazole rings is 1. The van der Waals surface area contributed by atoms with Crippen molar-refractivity contribution in [2.45, 2.75) is 33.6 Å². The predicted octanol–water partition coefficient (Wildman–Crippen LogP) is 3.47. The van der Waals surface area contributed by atoms with Gasteiger partial charge in [-0.15, -0.1) is 0 Å². The summed E-state index contributed by atoms with van der Waals surface area (Å²) in [5.74, 6) is 1.30. The standard InChI is InChI=1S/C19H20N2O.C5H6N6/c1-4-8-17-20-15-11-7-10-14(3)18(15)19(22)21(17)16-12-6-5-9-13(16)2;6-3-2-4(9-1-8-2)11-5(7)10-3/h5-7,9-12H,4,8H2,1-3H3;1H,(H5,6,7,8,9,10,11). The van der Waals surface area contributed by atoms with Crippen LogP contribution >= 0.6 is 0 Å². The van der Waals surface area contributed by atoms with Crippen LogP contribution in [0.15, 0.2) is 53.6 Å². The fourth-order valence-corrected chi connectivity index (χ4v) is 3.77. The molecule has 33 heavy (non-hydrogen) atoms. The van der Waals surface area contributed by atoms with Gasteiger partial charge in [0, 0.05) is 6.42 Å². The SMILES string of the molecule is CCCc1nc2cccc(C)c2c(=O)n1-c1ccccc1C.Nc1nc(N)c2[nH]cnc2n1. The van der Waals surface area contributed by atoms with Gasteiger partial charge in [-0.1, -0.05) is 37.3 Å². The number of rotatable bonds is 3. The highest BCUT2D eigenvalue weighted by Crippen LogP contribution is 2.19. The summed E-state index contributed by atoms with van der Waals surface area (Å²) in [6, 6.07) is 13.8. The molecule has 0 bridgehead atoms. The van der Waals surface area contributed by atoms with Gasteiger partial charge in [0.2, 0.25) is 5.95 Å². The number of hydrogen-bond donors (Lipinski definition) is 3. The Morgan fingerprint density at radius 2 is 1.73 bits per heavy atom. The maximum Gasteiger partial charge on any atom is 0.266 e. The van der Waals surface area contributed by atoms with E-state index in [4.69, 9.17) is 16.5 Å². The third-order valence-corrected chi connectivity index (χ3v) is 5.34. The molecule has 5 N–H and O–H groups in total. The topological polar surface area (TPSA) is 141 Å². The quantitative estimate of drug-likeness (QED) is 0.388. The van der Waals surface area contributed by atoms with Crippen molar-refractivity contribution in [3.8, 4) is 5.69 Å². The van der Waals surface area contributed by atoms with Crippen LogP contribution in [0.5, 0.6) is 0 Å². The van der Waals surface area contributed by atoms with Gasteiger partial charge in [-0.2, -0.15) is 9.97 Å². The van der Waals surface area contributed by atoms with Gasteiger partial charge in [-0.05, 0) is 43.5 Å². The van der Waals surface area contributed by atoms with Crippen molar-refractivity contribution in [2.75, 3.05) is 11.5 Å². The van der Waals surface area contributed by atoms with Crippen LogP contribution in [-0.2, 0) is 6.42 Å². The first-order valence-electron chi connectivity index (χ1n) is 10.7. The summed E-state index contributed by atoms with van der Waals surface area (Å²) in [5, 5.41) is 0.714. The number of H-pyrrole nitrogens is 1. The van der Waals surface area contributed by atoms with Crippen molar-refractivity contribution in [2.24, 2.45) is 0 Å². The fourth-order valence-electron chi connectivity index (χ4n) is 3.77. The molecule has 0 saturated heterocycles. The maximum absolute atomic E-state index is 13.1. The Balaban J connectivity index is 0.000000196. The smallest absolute Gasteiger partial charge is 0.266 e. The Bertz CT molecular complexity index is 1500. The number of hydrogen-bond acceptors (Lipinski definition) is 7. The molecule has 5 aromatic rings. The first-order valence-corrected chi connectivity index (χ1v) is 10.7. The van der Waals surface area contributed by atoms with Gasteiger partial charge >= 0.3 is 0 Å². The summed E-state index contributed by atoms with van der Waals surface area (Å²) in [5.41, 5.74) is 15.7. The second-order valence-corrected chi connectivity index (χ2v) is 7.74. The summed E-state index contributed by atoms with van der Waals surface area (Å²) < 4.78 is 1.79. The van der Waals surface area contributed by atoms with E-state index in [1.165, 1.54) is 6.33 Å². The molecule has 9 nitrogen and oxygen atoms in total. The molecule has 0 unspecified atom stereocenters. The molecule has 3 aromatic heterocycles. The highest BCUT2D eigenvalue weighted by molar-refractivity contribution is 5.82. The van der Waals surface area contributed by atoms with E-state index in [1.807, 2.05) is 56.3 Å². The zero-order valence-electron chi connectivity index (χ0n) is 18.8. The third kappa shape index (κ3) is 4.25.